The zero-order valence-corrected chi connectivity index (χ0v) is 6.06. The van der Waals surface area contributed by atoms with Gasteiger partial charge in [-0.2, -0.15) is 0 Å². The highest BCUT2D eigenvalue weighted by Gasteiger charge is 2.01. The van der Waals surface area contributed by atoms with E-state index in [-0.39, 0.29) is 0 Å². The fourth-order valence-electron chi connectivity index (χ4n) is 0.900. The Labute approximate surface area is 54.9 Å². The molecule has 0 unspecified atom stereocenters. The average Bonchev–Trinajstić information content (AvgIpc) is 2.10. The molecule has 0 aliphatic heterocycles. The molecule has 1 heterocycles. The first-order valence-corrected chi connectivity index (χ1v) is 3.17. The van der Waals surface area contributed by atoms with Crippen LogP contribution in [0.1, 0.15) is 24.3 Å². The molecule has 0 aliphatic rings. The summed E-state index contributed by atoms with van der Waals surface area (Å²) in [6.45, 7) is 5.88. The van der Waals surface area contributed by atoms with Crippen molar-refractivity contribution in [2.45, 2.75) is 27.2 Å². The van der Waals surface area contributed by atoms with E-state index in [1.54, 1.807) is 0 Å². The third kappa shape index (κ3) is 1.12. The standard InChI is InChI=1S/C7H11NO/c1-4-7-5(2)9-6(3)8-7/h4H2,1-3H3. The molecule has 0 atom stereocenters. The van der Waals surface area contributed by atoms with Crippen molar-refractivity contribution >= 4 is 0 Å². The van der Waals surface area contributed by atoms with E-state index in [0.29, 0.717) is 0 Å². The van der Waals surface area contributed by atoms with Crippen molar-refractivity contribution in [3.8, 4) is 0 Å². The van der Waals surface area contributed by atoms with Crippen molar-refractivity contribution in [2.24, 2.45) is 0 Å². The quantitative estimate of drug-likeness (QED) is 0.572. The molecule has 2 nitrogen and oxygen atoms in total. The van der Waals surface area contributed by atoms with E-state index < -0.39 is 0 Å². The molecule has 0 N–H and O–H groups in total. The van der Waals surface area contributed by atoms with Crippen LogP contribution in [0.5, 0.6) is 0 Å². The summed E-state index contributed by atoms with van der Waals surface area (Å²) >= 11 is 0. The first-order chi connectivity index (χ1) is 4.24. The molecule has 0 saturated heterocycles. The Bertz CT molecular complexity index is 203. The maximum absolute atomic E-state index is 5.19. The maximum Gasteiger partial charge on any atom is 0.191 e. The lowest BCUT2D eigenvalue weighted by Crippen LogP contribution is -1.81. The van der Waals surface area contributed by atoms with E-state index in [2.05, 4.69) is 11.9 Å². The highest BCUT2D eigenvalue weighted by Crippen LogP contribution is 2.08. The molecule has 1 rings (SSSR count). The Hall–Kier alpha value is -0.790. The van der Waals surface area contributed by atoms with Gasteiger partial charge >= 0.3 is 0 Å². The van der Waals surface area contributed by atoms with Gasteiger partial charge in [0.1, 0.15) is 5.76 Å². The zero-order valence-electron chi connectivity index (χ0n) is 6.06. The topological polar surface area (TPSA) is 26.0 Å². The van der Waals surface area contributed by atoms with Crippen LogP contribution in [-0.2, 0) is 6.42 Å². The van der Waals surface area contributed by atoms with Crippen molar-refractivity contribution in [1.82, 2.24) is 4.98 Å². The molecule has 0 spiro atoms. The average molecular weight is 125 g/mol. The second-order valence-electron chi connectivity index (χ2n) is 2.09. The number of hydrogen-bond donors (Lipinski definition) is 0. The minimum atomic E-state index is 0.768. The molecule has 50 valence electrons. The molecular formula is C7H11NO. The van der Waals surface area contributed by atoms with E-state index in [1.165, 1.54) is 0 Å². The van der Waals surface area contributed by atoms with E-state index >= 15 is 0 Å². The minimum Gasteiger partial charge on any atom is -0.446 e. The summed E-state index contributed by atoms with van der Waals surface area (Å²) in [5, 5.41) is 0. The van der Waals surface area contributed by atoms with Gasteiger partial charge in [-0.3, -0.25) is 0 Å². The van der Waals surface area contributed by atoms with Gasteiger partial charge in [0.25, 0.3) is 0 Å². The minimum absolute atomic E-state index is 0.768. The van der Waals surface area contributed by atoms with Crippen molar-refractivity contribution in [3.63, 3.8) is 0 Å². The molecule has 1 aromatic heterocycles. The Morgan fingerprint density at radius 1 is 1.44 bits per heavy atom. The molecule has 0 saturated carbocycles. The van der Waals surface area contributed by atoms with Gasteiger partial charge in [0.15, 0.2) is 5.89 Å². The van der Waals surface area contributed by atoms with Gasteiger partial charge in [-0.05, 0) is 13.3 Å². The third-order valence-corrected chi connectivity index (χ3v) is 1.33. The van der Waals surface area contributed by atoms with Crippen LogP contribution in [0.4, 0.5) is 0 Å². The second kappa shape index (κ2) is 2.21. The molecule has 2 heteroatoms. The van der Waals surface area contributed by atoms with Crippen LogP contribution in [0.3, 0.4) is 0 Å². The summed E-state index contributed by atoms with van der Waals surface area (Å²) in [6.07, 6.45) is 0.961. The number of nitrogens with zero attached hydrogens (tertiary/aromatic N) is 1. The summed E-state index contributed by atoms with van der Waals surface area (Å²) in [4.78, 5) is 4.16. The summed E-state index contributed by atoms with van der Waals surface area (Å²) < 4.78 is 5.19. The van der Waals surface area contributed by atoms with Crippen molar-refractivity contribution in [1.29, 1.82) is 0 Å². The van der Waals surface area contributed by atoms with Crippen molar-refractivity contribution < 1.29 is 4.42 Å². The predicted molar refractivity (Wildman–Crippen MR) is 35.4 cm³/mol. The van der Waals surface area contributed by atoms with Gasteiger partial charge in [-0.15, -0.1) is 0 Å². The molecule has 1 aromatic rings. The smallest absolute Gasteiger partial charge is 0.191 e. The largest absolute Gasteiger partial charge is 0.446 e. The predicted octanol–water partition coefficient (Wildman–Crippen LogP) is 1.85. The molecule has 0 bridgehead atoms. The summed E-state index contributed by atoms with van der Waals surface area (Å²) in [5.74, 6) is 1.72. The molecule has 0 aromatic carbocycles. The Morgan fingerprint density at radius 2 is 2.11 bits per heavy atom. The van der Waals surface area contributed by atoms with Gasteiger partial charge in [-0.25, -0.2) is 4.98 Å². The molecule has 0 aliphatic carbocycles. The van der Waals surface area contributed by atoms with Crippen LogP contribution >= 0.6 is 0 Å². The Balaban J connectivity index is 3.01. The lowest BCUT2D eigenvalue weighted by Gasteiger charge is -1.83. The van der Waals surface area contributed by atoms with Crippen molar-refractivity contribution in [3.05, 3.63) is 17.3 Å². The van der Waals surface area contributed by atoms with Gasteiger partial charge in [-0.1, -0.05) is 6.92 Å². The summed E-state index contributed by atoms with van der Waals surface area (Å²) in [6, 6.07) is 0. The van der Waals surface area contributed by atoms with Gasteiger partial charge in [0, 0.05) is 6.92 Å². The van der Waals surface area contributed by atoms with Gasteiger partial charge in [0.2, 0.25) is 0 Å². The highest BCUT2D eigenvalue weighted by molar-refractivity contribution is 5.06. The van der Waals surface area contributed by atoms with Crippen LogP contribution in [0.15, 0.2) is 4.42 Å². The Kier molecular flexibility index (Phi) is 1.56. The molecule has 9 heavy (non-hydrogen) atoms. The monoisotopic (exact) mass is 125 g/mol. The molecule has 0 radical (unpaired) electrons. The number of aromatic nitrogens is 1. The number of hydrogen-bond acceptors (Lipinski definition) is 2. The zero-order chi connectivity index (χ0) is 6.85. The lowest BCUT2D eigenvalue weighted by atomic mass is 10.3. The first kappa shape index (κ1) is 6.33. The van der Waals surface area contributed by atoms with Crippen LogP contribution in [0, 0.1) is 13.8 Å². The second-order valence-corrected chi connectivity index (χ2v) is 2.09. The Morgan fingerprint density at radius 3 is 2.33 bits per heavy atom. The van der Waals surface area contributed by atoms with Crippen LogP contribution < -0.4 is 0 Å². The number of rotatable bonds is 1. The normalized spacial score (nSPS) is 10.1. The van der Waals surface area contributed by atoms with Crippen LogP contribution in [0.2, 0.25) is 0 Å². The lowest BCUT2D eigenvalue weighted by molar-refractivity contribution is 0.493. The van der Waals surface area contributed by atoms with Crippen LogP contribution in [-0.4, -0.2) is 4.98 Å². The van der Waals surface area contributed by atoms with E-state index in [4.69, 9.17) is 4.42 Å². The maximum atomic E-state index is 5.19. The van der Waals surface area contributed by atoms with Gasteiger partial charge < -0.3 is 4.42 Å². The van der Waals surface area contributed by atoms with Gasteiger partial charge in [0.05, 0.1) is 5.69 Å². The molecule has 0 fully saturated rings. The van der Waals surface area contributed by atoms with Crippen molar-refractivity contribution in [2.75, 3.05) is 0 Å². The number of oxazole rings is 1. The van der Waals surface area contributed by atoms with E-state index in [9.17, 15) is 0 Å². The van der Waals surface area contributed by atoms with E-state index in [1.807, 2.05) is 13.8 Å². The first-order valence-electron chi connectivity index (χ1n) is 3.17. The highest BCUT2D eigenvalue weighted by atomic mass is 16.4. The van der Waals surface area contributed by atoms with E-state index in [0.717, 1.165) is 23.8 Å². The number of aryl methyl sites for hydroxylation is 3. The summed E-state index contributed by atoms with van der Waals surface area (Å²) in [7, 11) is 0. The molecular weight excluding hydrogens is 114 g/mol. The SMILES string of the molecule is CCc1nc(C)oc1C. The van der Waals surface area contributed by atoms with Crippen LogP contribution in [0.25, 0.3) is 0 Å². The fourth-order valence-corrected chi connectivity index (χ4v) is 0.900. The fraction of sp³-hybridized carbons (Fsp3) is 0.571. The third-order valence-electron chi connectivity index (χ3n) is 1.33. The summed E-state index contributed by atoms with van der Waals surface area (Å²) in [5.41, 5.74) is 1.08. The molecule has 0 amide bonds.